The van der Waals surface area contributed by atoms with E-state index in [1.807, 2.05) is 0 Å². The minimum atomic E-state index is -1.31. The van der Waals surface area contributed by atoms with Crippen LogP contribution in [-0.2, 0) is 38.1 Å². The number of nitrogens with zero attached hydrogens (tertiary/aromatic N) is 1. The zero-order chi connectivity index (χ0) is 24.7. The Hall–Kier alpha value is -3.74. The van der Waals surface area contributed by atoms with Crippen molar-refractivity contribution in [3.05, 3.63) is 34.4 Å². The smallest absolute Gasteiger partial charge is 0.303 e. The summed E-state index contributed by atoms with van der Waals surface area (Å²) in [5.74, 6) is -2.50. The van der Waals surface area contributed by atoms with Gasteiger partial charge in [-0.25, -0.2) is 0 Å². The molecule has 13 heteroatoms. The fourth-order valence-electron chi connectivity index (χ4n) is 3.17. The molecule has 180 valence electrons. The molecule has 1 N–H and O–H groups in total. The van der Waals surface area contributed by atoms with Gasteiger partial charge >= 0.3 is 17.9 Å². The van der Waals surface area contributed by atoms with Crippen LogP contribution < -0.4 is 10.1 Å². The number of nitrogens with one attached hydrogen (secondary N) is 1. The molecule has 2 rings (SSSR count). The second kappa shape index (κ2) is 11.2. The normalized spacial score (nSPS) is 24.2. The minimum Gasteiger partial charge on any atom is -0.463 e. The summed E-state index contributed by atoms with van der Waals surface area (Å²) < 4.78 is 27.2. The van der Waals surface area contributed by atoms with Gasteiger partial charge in [-0.15, -0.1) is 0 Å². The molecule has 0 aromatic heterocycles. The number of hydrogen-bond donors (Lipinski definition) is 1. The highest BCUT2D eigenvalue weighted by molar-refractivity contribution is 5.73. The largest absolute Gasteiger partial charge is 0.463 e. The summed E-state index contributed by atoms with van der Waals surface area (Å²) in [6.07, 6.45) is -4.96. The van der Waals surface area contributed by atoms with E-state index < -0.39 is 59.4 Å². The molecule has 1 aromatic rings. The number of esters is 3. The fraction of sp³-hybridized carbons (Fsp3) is 0.500. The van der Waals surface area contributed by atoms with Gasteiger partial charge in [0, 0.05) is 39.8 Å². The van der Waals surface area contributed by atoms with Gasteiger partial charge < -0.3 is 29.0 Å². The number of benzene rings is 1. The van der Waals surface area contributed by atoms with E-state index in [9.17, 15) is 29.3 Å². The maximum absolute atomic E-state index is 11.9. The predicted molar refractivity (Wildman–Crippen MR) is 108 cm³/mol. The van der Waals surface area contributed by atoms with Crippen molar-refractivity contribution in [1.29, 1.82) is 0 Å². The molecular weight excluding hydrogens is 444 g/mol. The number of hydrogen-bond acceptors (Lipinski definition) is 11. The van der Waals surface area contributed by atoms with Gasteiger partial charge in [0.25, 0.3) is 5.69 Å². The number of amides is 1. The van der Waals surface area contributed by atoms with Crippen molar-refractivity contribution in [2.75, 3.05) is 6.61 Å². The Labute approximate surface area is 188 Å². The van der Waals surface area contributed by atoms with E-state index in [-0.39, 0.29) is 18.0 Å². The molecule has 1 aromatic carbocycles. The second-order valence-electron chi connectivity index (χ2n) is 7.09. The van der Waals surface area contributed by atoms with Crippen molar-refractivity contribution >= 4 is 29.5 Å². The van der Waals surface area contributed by atoms with Crippen molar-refractivity contribution in [2.45, 2.75) is 58.3 Å². The zero-order valence-corrected chi connectivity index (χ0v) is 18.3. The topological polar surface area (TPSA) is 170 Å². The van der Waals surface area contributed by atoms with Gasteiger partial charge in [-0.3, -0.25) is 29.3 Å². The van der Waals surface area contributed by atoms with Crippen LogP contribution in [-0.4, -0.2) is 66.0 Å². The molecule has 1 aliphatic rings. The molecule has 33 heavy (non-hydrogen) atoms. The lowest BCUT2D eigenvalue weighted by molar-refractivity contribution is -0.384. The van der Waals surface area contributed by atoms with E-state index in [4.69, 9.17) is 23.7 Å². The Morgan fingerprint density at radius 3 is 2.03 bits per heavy atom. The van der Waals surface area contributed by atoms with Crippen LogP contribution in [0.25, 0.3) is 0 Å². The first kappa shape index (κ1) is 25.5. The quantitative estimate of drug-likeness (QED) is 0.246. The Kier molecular flexibility index (Phi) is 8.68. The summed E-state index contributed by atoms with van der Waals surface area (Å²) >= 11 is 0. The molecule has 1 aliphatic heterocycles. The Morgan fingerprint density at radius 1 is 0.970 bits per heavy atom. The number of rotatable bonds is 8. The zero-order valence-electron chi connectivity index (χ0n) is 18.3. The SMILES string of the molecule is CC(=O)N[C@H]1[C@@H](Oc2ccc([N+](=O)[O-])cc2)O[C@@H](COC(C)=O)[C@@H](OC(C)=O)[C@H]1OC(C)=O. The maximum Gasteiger partial charge on any atom is 0.303 e. The first-order valence-electron chi connectivity index (χ1n) is 9.79. The molecule has 1 fully saturated rings. The molecule has 0 radical (unpaired) electrons. The molecule has 13 nitrogen and oxygen atoms in total. The number of ether oxygens (including phenoxy) is 5. The molecule has 0 unspecified atom stereocenters. The van der Waals surface area contributed by atoms with Crippen molar-refractivity contribution in [3.8, 4) is 5.75 Å². The Balaban J connectivity index is 2.43. The first-order chi connectivity index (χ1) is 15.5. The van der Waals surface area contributed by atoms with Gasteiger partial charge in [0.15, 0.2) is 12.2 Å². The van der Waals surface area contributed by atoms with Crippen LogP contribution in [0.4, 0.5) is 5.69 Å². The average molecular weight is 468 g/mol. The lowest BCUT2D eigenvalue weighted by Crippen LogP contribution is -2.67. The third-order valence-electron chi connectivity index (χ3n) is 4.37. The molecule has 1 amide bonds. The predicted octanol–water partition coefficient (Wildman–Crippen LogP) is 0.630. The molecule has 0 bridgehead atoms. The third kappa shape index (κ3) is 7.42. The highest BCUT2D eigenvalue weighted by atomic mass is 16.7. The fourth-order valence-corrected chi connectivity index (χ4v) is 3.17. The van der Waals surface area contributed by atoms with Crippen LogP contribution in [0.2, 0.25) is 0 Å². The van der Waals surface area contributed by atoms with Gasteiger partial charge in [0.1, 0.15) is 24.5 Å². The molecule has 5 atom stereocenters. The summed E-state index contributed by atoms with van der Waals surface area (Å²) in [5, 5.41) is 13.4. The highest BCUT2D eigenvalue weighted by Crippen LogP contribution is 2.29. The van der Waals surface area contributed by atoms with Crippen LogP contribution in [0.15, 0.2) is 24.3 Å². The summed E-state index contributed by atoms with van der Waals surface area (Å²) in [5.41, 5.74) is -0.175. The van der Waals surface area contributed by atoms with Crippen molar-refractivity contribution in [2.24, 2.45) is 0 Å². The molecule has 1 heterocycles. The molecular formula is C20H24N2O11. The number of non-ortho nitro benzene ring substituents is 1. The van der Waals surface area contributed by atoms with Crippen molar-refractivity contribution in [1.82, 2.24) is 5.32 Å². The lowest BCUT2D eigenvalue weighted by atomic mass is 9.96. The molecule has 0 saturated carbocycles. The van der Waals surface area contributed by atoms with Crippen LogP contribution in [0.1, 0.15) is 27.7 Å². The summed E-state index contributed by atoms with van der Waals surface area (Å²) in [6, 6.07) is 3.87. The van der Waals surface area contributed by atoms with E-state index >= 15 is 0 Å². The molecule has 1 saturated heterocycles. The summed E-state index contributed by atoms with van der Waals surface area (Å²) in [7, 11) is 0. The summed E-state index contributed by atoms with van der Waals surface area (Å²) in [4.78, 5) is 57.0. The van der Waals surface area contributed by atoms with Gasteiger partial charge in [-0.05, 0) is 12.1 Å². The minimum absolute atomic E-state index is 0.139. The number of carbonyl (C=O) groups excluding carboxylic acids is 4. The number of nitro groups is 1. The van der Waals surface area contributed by atoms with E-state index in [2.05, 4.69) is 5.32 Å². The van der Waals surface area contributed by atoms with Gasteiger partial charge in [0.2, 0.25) is 12.2 Å². The third-order valence-corrected chi connectivity index (χ3v) is 4.37. The highest BCUT2D eigenvalue weighted by Gasteiger charge is 2.51. The van der Waals surface area contributed by atoms with E-state index in [1.54, 1.807) is 0 Å². The second-order valence-corrected chi connectivity index (χ2v) is 7.09. The standard InChI is InChI=1S/C20H24N2O11/c1-10(23)21-17-19(31-13(4)26)18(30-12(3)25)16(9-29-11(2)24)33-20(17)32-15-7-5-14(6-8-15)22(27)28/h5-8,16-20H,9H2,1-4H3,(H,21,23)/t16-,17+,18+,19-,20-/m0/s1. The number of nitro benzene ring substituents is 1. The Morgan fingerprint density at radius 2 is 1.55 bits per heavy atom. The van der Waals surface area contributed by atoms with E-state index in [1.165, 1.54) is 31.2 Å². The first-order valence-corrected chi connectivity index (χ1v) is 9.79. The molecule has 0 spiro atoms. The van der Waals surface area contributed by atoms with Gasteiger partial charge in [-0.1, -0.05) is 0 Å². The van der Waals surface area contributed by atoms with E-state index in [0.29, 0.717) is 0 Å². The van der Waals surface area contributed by atoms with Crippen LogP contribution in [0, 0.1) is 10.1 Å². The average Bonchev–Trinajstić information content (AvgIpc) is 2.70. The van der Waals surface area contributed by atoms with Crippen molar-refractivity contribution < 1.29 is 47.8 Å². The maximum atomic E-state index is 11.9. The summed E-state index contributed by atoms with van der Waals surface area (Å²) in [6.45, 7) is 4.24. The Bertz CT molecular complexity index is 902. The van der Waals surface area contributed by atoms with Crippen LogP contribution >= 0.6 is 0 Å². The van der Waals surface area contributed by atoms with Gasteiger partial charge in [-0.2, -0.15) is 0 Å². The number of carbonyl (C=O) groups is 4. The lowest BCUT2D eigenvalue weighted by Gasteiger charge is -2.44. The van der Waals surface area contributed by atoms with Crippen molar-refractivity contribution in [3.63, 3.8) is 0 Å². The van der Waals surface area contributed by atoms with E-state index in [0.717, 1.165) is 20.8 Å². The van der Waals surface area contributed by atoms with Crippen LogP contribution in [0.3, 0.4) is 0 Å². The van der Waals surface area contributed by atoms with Crippen LogP contribution in [0.5, 0.6) is 5.75 Å². The molecule has 0 aliphatic carbocycles. The monoisotopic (exact) mass is 468 g/mol. The van der Waals surface area contributed by atoms with Gasteiger partial charge in [0.05, 0.1) is 4.92 Å².